The van der Waals surface area contributed by atoms with Gasteiger partial charge in [-0.15, -0.1) is 0 Å². The Bertz CT molecular complexity index is 363. The maximum Gasteiger partial charge on any atom is 0.257 e. The summed E-state index contributed by atoms with van der Waals surface area (Å²) in [5, 5.41) is 9.40. The number of carbonyl (C=O) groups excluding carboxylic acids is 1. The Balaban J connectivity index is 2.39. The maximum atomic E-state index is 11.6. The van der Waals surface area contributed by atoms with E-state index in [1.807, 2.05) is 18.2 Å². The third-order valence-corrected chi connectivity index (χ3v) is 5.30. The number of hydrogen-bond donors (Lipinski definition) is 2. The molecule has 0 spiro atoms. The summed E-state index contributed by atoms with van der Waals surface area (Å²) in [6.07, 6.45) is 6.99. The molecule has 2 N–H and O–H groups in total. The number of unbranched alkanes of at least 4 members (excludes halogenated alkanes) is 3. The zero-order valence-electron chi connectivity index (χ0n) is 11.0. The summed E-state index contributed by atoms with van der Waals surface area (Å²) in [6, 6.07) is 5.68. The molecule has 1 atom stereocenters. The van der Waals surface area contributed by atoms with E-state index in [4.69, 9.17) is 5.21 Å². The molecular weight excluding hydrogens is 280 g/mol. The molecule has 0 aromatic carbocycles. The van der Waals surface area contributed by atoms with E-state index in [1.54, 1.807) is 11.7 Å². The lowest BCUT2D eigenvalue weighted by molar-refractivity contribution is -0.128. The van der Waals surface area contributed by atoms with Gasteiger partial charge in [0.25, 0.3) is 5.91 Å². The Morgan fingerprint density at radius 3 is 2.89 bits per heavy atom. The minimum Gasteiger partial charge on any atom is -0.289 e. The molecule has 0 aliphatic rings. The highest BCUT2D eigenvalue weighted by Crippen LogP contribution is 2.35. The summed E-state index contributed by atoms with van der Waals surface area (Å²) < 4.78 is 0. The van der Waals surface area contributed by atoms with Crippen LogP contribution in [-0.2, 0) is 4.79 Å². The Kier molecular flexibility index (Phi) is 8.69. The zero-order chi connectivity index (χ0) is 13.9. The van der Waals surface area contributed by atoms with Crippen LogP contribution in [0.3, 0.4) is 0 Å². The second-order valence-electron chi connectivity index (χ2n) is 4.16. The molecule has 6 heteroatoms. The van der Waals surface area contributed by atoms with Crippen molar-refractivity contribution in [2.75, 3.05) is 0 Å². The van der Waals surface area contributed by atoms with Crippen LogP contribution in [0.1, 0.15) is 39.0 Å². The number of hydrogen-bond acceptors (Lipinski definition) is 5. The maximum absolute atomic E-state index is 11.6. The molecule has 106 valence electrons. The van der Waals surface area contributed by atoms with Crippen molar-refractivity contribution < 1.29 is 10.0 Å². The van der Waals surface area contributed by atoms with Crippen LogP contribution in [0.4, 0.5) is 0 Å². The number of amides is 1. The van der Waals surface area contributed by atoms with E-state index in [0.29, 0.717) is 0 Å². The molecule has 1 aromatic heterocycles. The molecule has 1 rings (SSSR count). The monoisotopic (exact) mass is 300 g/mol. The van der Waals surface area contributed by atoms with Gasteiger partial charge in [0.2, 0.25) is 0 Å². The summed E-state index contributed by atoms with van der Waals surface area (Å²) >= 11 is 0. The fraction of sp³-hybridized carbons (Fsp3) is 0.538. The number of nitrogens with one attached hydrogen (secondary N) is 1. The highest BCUT2D eigenvalue weighted by molar-refractivity contribution is 8.77. The van der Waals surface area contributed by atoms with Gasteiger partial charge in [-0.2, -0.15) is 0 Å². The molecule has 0 saturated heterocycles. The fourth-order valence-electron chi connectivity index (χ4n) is 1.56. The van der Waals surface area contributed by atoms with Crippen molar-refractivity contribution in [2.45, 2.75) is 49.3 Å². The van der Waals surface area contributed by atoms with E-state index in [-0.39, 0.29) is 11.2 Å². The second-order valence-corrected chi connectivity index (χ2v) is 6.59. The lowest BCUT2D eigenvalue weighted by atomic mass is 10.1. The van der Waals surface area contributed by atoms with Gasteiger partial charge in [-0.3, -0.25) is 10.0 Å². The molecule has 0 aliphatic heterocycles. The SMILES string of the molecule is CCCCCCC(SSc1ccccn1)C(=O)NO. The van der Waals surface area contributed by atoms with Gasteiger partial charge < -0.3 is 0 Å². The first-order valence-corrected chi connectivity index (χ1v) is 8.67. The topological polar surface area (TPSA) is 62.2 Å². The second kappa shape index (κ2) is 10.1. The average molecular weight is 300 g/mol. The number of aromatic nitrogens is 1. The van der Waals surface area contributed by atoms with E-state index in [9.17, 15) is 4.79 Å². The lowest BCUT2D eigenvalue weighted by Gasteiger charge is -2.13. The third-order valence-electron chi connectivity index (χ3n) is 2.61. The molecule has 19 heavy (non-hydrogen) atoms. The van der Waals surface area contributed by atoms with Gasteiger partial charge in [-0.1, -0.05) is 49.5 Å². The van der Waals surface area contributed by atoms with Crippen LogP contribution in [0, 0.1) is 0 Å². The van der Waals surface area contributed by atoms with Crippen LogP contribution in [-0.4, -0.2) is 21.3 Å². The highest BCUT2D eigenvalue weighted by atomic mass is 33.1. The number of nitrogens with zero attached hydrogens (tertiary/aromatic N) is 1. The van der Waals surface area contributed by atoms with Crippen LogP contribution in [0.15, 0.2) is 29.4 Å². The predicted octanol–water partition coefficient (Wildman–Crippen LogP) is 3.67. The van der Waals surface area contributed by atoms with Crippen molar-refractivity contribution in [3.05, 3.63) is 24.4 Å². The van der Waals surface area contributed by atoms with E-state index in [1.165, 1.54) is 34.4 Å². The van der Waals surface area contributed by atoms with Crippen molar-refractivity contribution in [2.24, 2.45) is 0 Å². The first-order chi connectivity index (χ1) is 9.27. The predicted molar refractivity (Wildman–Crippen MR) is 80.2 cm³/mol. The molecular formula is C13H20N2O2S2. The van der Waals surface area contributed by atoms with Gasteiger partial charge in [-0.05, 0) is 29.3 Å². The molecule has 0 bridgehead atoms. The Morgan fingerprint density at radius 1 is 1.42 bits per heavy atom. The van der Waals surface area contributed by atoms with Crippen LogP contribution in [0.5, 0.6) is 0 Å². The minimum absolute atomic E-state index is 0.242. The molecule has 4 nitrogen and oxygen atoms in total. The van der Waals surface area contributed by atoms with Crippen molar-refractivity contribution >= 4 is 27.5 Å². The number of pyridine rings is 1. The van der Waals surface area contributed by atoms with Crippen molar-refractivity contribution in [3.8, 4) is 0 Å². The summed E-state index contributed by atoms with van der Waals surface area (Å²) in [4.78, 5) is 15.8. The van der Waals surface area contributed by atoms with Gasteiger partial charge in [0, 0.05) is 6.20 Å². The molecule has 1 amide bonds. The van der Waals surface area contributed by atoms with E-state index in [0.717, 1.165) is 24.3 Å². The summed E-state index contributed by atoms with van der Waals surface area (Å²) in [6.45, 7) is 2.16. The summed E-state index contributed by atoms with van der Waals surface area (Å²) in [5.41, 5.74) is 1.75. The van der Waals surface area contributed by atoms with E-state index < -0.39 is 0 Å². The smallest absolute Gasteiger partial charge is 0.257 e. The van der Waals surface area contributed by atoms with Crippen LogP contribution in [0.25, 0.3) is 0 Å². The summed E-state index contributed by atoms with van der Waals surface area (Å²) in [7, 11) is 2.92. The van der Waals surface area contributed by atoms with Crippen LogP contribution >= 0.6 is 21.6 Å². The largest absolute Gasteiger partial charge is 0.289 e. The fourth-order valence-corrected chi connectivity index (χ4v) is 3.90. The Hall–Kier alpha value is -0.720. The van der Waals surface area contributed by atoms with Gasteiger partial charge in [0.15, 0.2) is 0 Å². The molecule has 0 aliphatic carbocycles. The Labute approximate surface area is 122 Å². The first-order valence-electron chi connectivity index (χ1n) is 6.46. The average Bonchev–Trinajstić information content (AvgIpc) is 2.47. The van der Waals surface area contributed by atoms with E-state index >= 15 is 0 Å². The quantitative estimate of drug-likeness (QED) is 0.315. The molecule has 0 saturated carbocycles. The normalized spacial score (nSPS) is 12.1. The number of rotatable bonds is 9. The Morgan fingerprint density at radius 2 is 2.26 bits per heavy atom. The first kappa shape index (κ1) is 16.3. The van der Waals surface area contributed by atoms with Crippen LogP contribution in [0.2, 0.25) is 0 Å². The van der Waals surface area contributed by atoms with Crippen molar-refractivity contribution in [3.63, 3.8) is 0 Å². The lowest BCUT2D eigenvalue weighted by Crippen LogP contribution is -2.29. The third kappa shape index (κ3) is 6.84. The molecule has 1 unspecified atom stereocenters. The van der Waals surface area contributed by atoms with E-state index in [2.05, 4.69) is 11.9 Å². The summed E-state index contributed by atoms with van der Waals surface area (Å²) in [5.74, 6) is -0.329. The highest BCUT2D eigenvalue weighted by Gasteiger charge is 2.19. The molecule has 0 fully saturated rings. The van der Waals surface area contributed by atoms with Gasteiger partial charge in [0.1, 0.15) is 5.03 Å². The van der Waals surface area contributed by atoms with Crippen LogP contribution < -0.4 is 5.48 Å². The number of carbonyl (C=O) groups is 1. The van der Waals surface area contributed by atoms with Gasteiger partial charge in [0.05, 0.1) is 5.25 Å². The zero-order valence-corrected chi connectivity index (χ0v) is 12.7. The van der Waals surface area contributed by atoms with Gasteiger partial charge in [-0.25, -0.2) is 10.5 Å². The molecule has 0 radical (unpaired) electrons. The van der Waals surface area contributed by atoms with Crippen molar-refractivity contribution in [1.82, 2.24) is 10.5 Å². The van der Waals surface area contributed by atoms with Crippen molar-refractivity contribution in [1.29, 1.82) is 0 Å². The minimum atomic E-state index is -0.329. The standard InChI is InChI=1S/C13H20N2O2S2/c1-2-3-4-5-8-11(13(16)15-17)18-19-12-9-6-7-10-14-12/h6-7,9-11,17H,2-5,8H2,1H3,(H,15,16). The van der Waals surface area contributed by atoms with Gasteiger partial charge >= 0.3 is 0 Å². The number of hydroxylamine groups is 1. The molecule has 1 heterocycles. The molecule has 1 aromatic rings.